The molecule has 0 unspecified atom stereocenters. The normalized spacial score (nSPS) is 15.8. The molecular weight excluding hydrogens is 322 g/mol. The van der Waals surface area contributed by atoms with Gasteiger partial charge in [0.2, 0.25) is 5.91 Å². The maximum Gasteiger partial charge on any atom is 0.244 e. The molecule has 0 radical (unpaired) electrons. The second-order valence-electron chi connectivity index (χ2n) is 6.46. The van der Waals surface area contributed by atoms with E-state index in [-0.39, 0.29) is 18.3 Å². The summed E-state index contributed by atoms with van der Waals surface area (Å²) in [6.45, 7) is 3.07. The van der Waals surface area contributed by atoms with Crippen molar-refractivity contribution < 1.29 is 4.79 Å². The molecule has 0 atom stereocenters. The highest BCUT2D eigenvalue weighted by molar-refractivity contribution is 6.10. The summed E-state index contributed by atoms with van der Waals surface area (Å²) in [4.78, 5) is 12.3. The molecule has 0 bridgehead atoms. The summed E-state index contributed by atoms with van der Waals surface area (Å²) in [7, 11) is 0. The summed E-state index contributed by atoms with van der Waals surface area (Å²) in [5.41, 5.74) is 8.67. The predicted octanol–water partition coefficient (Wildman–Crippen LogP) is 4.06. The molecule has 24 heavy (non-hydrogen) atoms. The molecule has 3 aromatic rings. The van der Waals surface area contributed by atoms with Gasteiger partial charge in [0.05, 0.1) is 5.54 Å². The first-order valence-corrected chi connectivity index (χ1v) is 8.24. The van der Waals surface area contributed by atoms with E-state index in [4.69, 9.17) is 5.73 Å². The molecule has 1 fully saturated rings. The summed E-state index contributed by atoms with van der Waals surface area (Å²) in [5.74, 6) is -0.0673. The number of halogens is 1. The minimum atomic E-state index is -0.674. The fourth-order valence-electron chi connectivity index (χ4n) is 3.51. The van der Waals surface area contributed by atoms with Crippen LogP contribution in [0.15, 0.2) is 42.5 Å². The van der Waals surface area contributed by atoms with Gasteiger partial charge in [-0.05, 0) is 50.5 Å². The molecular formula is C19H22ClN3O. The Hall–Kier alpha value is -2.04. The second-order valence-corrected chi connectivity index (χ2v) is 6.46. The zero-order valence-electron chi connectivity index (χ0n) is 13.7. The van der Waals surface area contributed by atoms with Crippen molar-refractivity contribution in [3.8, 4) is 0 Å². The fourth-order valence-corrected chi connectivity index (χ4v) is 3.51. The van der Waals surface area contributed by atoms with E-state index in [9.17, 15) is 4.79 Å². The summed E-state index contributed by atoms with van der Waals surface area (Å²) < 4.78 is 2.30. The maximum absolute atomic E-state index is 12.3. The minimum absolute atomic E-state index is 0. The first-order chi connectivity index (χ1) is 11.1. The Labute approximate surface area is 147 Å². The van der Waals surface area contributed by atoms with Gasteiger partial charge in [-0.1, -0.05) is 18.2 Å². The predicted molar refractivity (Wildman–Crippen MR) is 102 cm³/mol. The summed E-state index contributed by atoms with van der Waals surface area (Å²) in [5, 5.41) is 5.38. The highest BCUT2D eigenvalue weighted by atomic mass is 35.5. The molecule has 0 saturated heterocycles. The van der Waals surface area contributed by atoms with Crippen LogP contribution in [0.25, 0.3) is 21.8 Å². The molecule has 0 aliphatic heterocycles. The van der Waals surface area contributed by atoms with Crippen LogP contribution in [0.1, 0.15) is 26.2 Å². The molecule has 1 aliphatic rings. The average molecular weight is 344 g/mol. The van der Waals surface area contributed by atoms with Crippen LogP contribution in [0.3, 0.4) is 0 Å². The number of para-hydroxylation sites is 1. The largest absolute Gasteiger partial charge is 0.341 e. The van der Waals surface area contributed by atoms with Crippen molar-refractivity contribution in [1.82, 2.24) is 4.57 Å². The Balaban J connectivity index is 0.00000169. The van der Waals surface area contributed by atoms with Gasteiger partial charge in [0.25, 0.3) is 0 Å². The minimum Gasteiger partial charge on any atom is -0.341 e. The van der Waals surface area contributed by atoms with Crippen molar-refractivity contribution in [1.29, 1.82) is 0 Å². The van der Waals surface area contributed by atoms with Crippen LogP contribution in [-0.4, -0.2) is 16.0 Å². The molecule has 1 aliphatic carbocycles. The van der Waals surface area contributed by atoms with Gasteiger partial charge in [-0.2, -0.15) is 0 Å². The van der Waals surface area contributed by atoms with Gasteiger partial charge in [-0.25, -0.2) is 0 Å². The Morgan fingerprint density at radius 2 is 1.88 bits per heavy atom. The van der Waals surface area contributed by atoms with E-state index >= 15 is 0 Å². The van der Waals surface area contributed by atoms with E-state index < -0.39 is 5.54 Å². The van der Waals surface area contributed by atoms with E-state index in [1.54, 1.807) is 0 Å². The van der Waals surface area contributed by atoms with E-state index in [1.165, 1.54) is 21.8 Å². The number of hydrogen-bond acceptors (Lipinski definition) is 2. The molecule has 1 heterocycles. The van der Waals surface area contributed by atoms with Crippen LogP contribution in [0, 0.1) is 0 Å². The summed E-state index contributed by atoms with van der Waals surface area (Å²) >= 11 is 0. The molecule has 3 N–H and O–H groups in total. The third-order valence-electron chi connectivity index (χ3n) is 5.04. The number of aryl methyl sites for hydroxylation is 1. The van der Waals surface area contributed by atoms with Crippen molar-refractivity contribution in [2.45, 2.75) is 38.3 Å². The van der Waals surface area contributed by atoms with Crippen molar-refractivity contribution in [3.05, 3.63) is 42.5 Å². The lowest BCUT2D eigenvalue weighted by atomic mass is 9.77. The van der Waals surface area contributed by atoms with Gasteiger partial charge >= 0.3 is 0 Å². The van der Waals surface area contributed by atoms with Gasteiger partial charge in [0.1, 0.15) is 0 Å². The number of fused-ring (bicyclic) bond motifs is 3. The monoisotopic (exact) mass is 343 g/mol. The molecule has 1 saturated carbocycles. The third kappa shape index (κ3) is 2.46. The molecule has 4 nitrogen and oxygen atoms in total. The lowest BCUT2D eigenvalue weighted by molar-refractivity contribution is -0.123. The van der Waals surface area contributed by atoms with Gasteiger partial charge in [0, 0.05) is 34.0 Å². The number of benzene rings is 2. The lowest BCUT2D eigenvalue weighted by Gasteiger charge is -2.36. The van der Waals surface area contributed by atoms with Crippen molar-refractivity contribution >= 4 is 45.8 Å². The van der Waals surface area contributed by atoms with Crippen LogP contribution in [-0.2, 0) is 11.3 Å². The van der Waals surface area contributed by atoms with Crippen LogP contribution < -0.4 is 11.1 Å². The van der Waals surface area contributed by atoms with Gasteiger partial charge in [-0.3, -0.25) is 4.79 Å². The molecule has 0 spiro atoms. The van der Waals surface area contributed by atoms with Crippen LogP contribution >= 0.6 is 12.4 Å². The van der Waals surface area contributed by atoms with Crippen molar-refractivity contribution in [3.63, 3.8) is 0 Å². The van der Waals surface area contributed by atoms with Crippen molar-refractivity contribution in [2.24, 2.45) is 5.73 Å². The van der Waals surface area contributed by atoms with E-state index in [0.29, 0.717) is 0 Å². The number of amides is 1. The zero-order chi connectivity index (χ0) is 16.0. The molecule has 4 rings (SSSR count). The van der Waals surface area contributed by atoms with Crippen LogP contribution in [0.4, 0.5) is 5.69 Å². The molecule has 5 heteroatoms. The van der Waals surface area contributed by atoms with Crippen LogP contribution in [0.2, 0.25) is 0 Å². The van der Waals surface area contributed by atoms with Crippen LogP contribution in [0.5, 0.6) is 0 Å². The molecule has 1 amide bonds. The molecule has 2 aromatic carbocycles. The first-order valence-electron chi connectivity index (χ1n) is 8.24. The SMILES string of the molecule is CCn1c2ccccc2c2cc(NC(=O)C3(N)CCC3)ccc21.Cl. The second kappa shape index (κ2) is 6.11. The topological polar surface area (TPSA) is 60.0 Å². The van der Waals surface area contributed by atoms with Gasteiger partial charge in [-0.15, -0.1) is 12.4 Å². The highest BCUT2D eigenvalue weighted by Crippen LogP contribution is 2.33. The Kier molecular flexibility index (Phi) is 4.28. The van der Waals surface area contributed by atoms with E-state index in [1.807, 2.05) is 6.07 Å². The Bertz CT molecular complexity index is 912. The number of hydrogen-bond donors (Lipinski definition) is 2. The number of aromatic nitrogens is 1. The number of rotatable bonds is 3. The first kappa shape index (κ1) is 16.8. The fraction of sp³-hybridized carbons (Fsp3) is 0.316. The van der Waals surface area contributed by atoms with Gasteiger partial charge < -0.3 is 15.6 Å². The van der Waals surface area contributed by atoms with E-state index in [2.05, 4.69) is 53.2 Å². The smallest absolute Gasteiger partial charge is 0.244 e. The third-order valence-corrected chi connectivity index (χ3v) is 5.04. The zero-order valence-corrected chi connectivity index (χ0v) is 14.5. The lowest BCUT2D eigenvalue weighted by Crippen LogP contribution is -2.56. The number of anilines is 1. The maximum atomic E-state index is 12.3. The van der Waals surface area contributed by atoms with Crippen molar-refractivity contribution in [2.75, 3.05) is 5.32 Å². The number of nitrogens with one attached hydrogen (secondary N) is 1. The summed E-state index contributed by atoms with van der Waals surface area (Å²) in [6.07, 6.45) is 2.58. The Morgan fingerprint density at radius 1 is 1.17 bits per heavy atom. The molecule has 1 aromatic heterocycles. The molecule has 126 valence electrons. The number of nitrogens with two attached hydrogens (primary N) is 1. The number of carbonyl (C=O) groups excluding carboxylic acids is 1. The van der Waals surface area contributed by atoms with Gasteiger partial charge in [0.15, 0.2) is 0 Å². The standard InChI is InChI=1S/C19H21N3O.ClH/c1-2-22-16-7-4-3-6-14(16)15-12-13(8-9-17(15)22)21-18(23)19(20)10-5-11-19;/h3-4,6-9,12H,2,5,10-11,20H2,1H3,(H,21,23);1H. The highest BCUT2D eigenvalue weighted by Gasteiger charge is 2.40. The Morgan fingerprint density at radius 3 is 2.54 bits per heavy atom. The van der Waals surface area contributed by atoms with E-state index in [0.717, 1.165) is 31.5 Å². The quantitative estimate of drug-likeness (QED) is 0.753. The average Bonchev–Trinajstić information content (AvgIpc) is 2.85. The summed E-state index contributed by atoms with van der Waals surface area (Å²) in [6, 6.07) is 14.5. The number of carbonyl (C=O) groups is 1. The number of nitrogens with zero attached hydrogens (tertiary/aromatic N) is 1.